The number of nitrogens with zero attached hydrogens (tertiary/aromatic N) is 1. The predicted octanol–water partition coefficient (Wildman–Crippen LogP) is 5.84. The van der Waals surface area contributed by atoms with Crippen LogP contribution in [0.4, 0.5) is 5.69 Å². The molecule has 1 aromatic heterocycles. The highest BCUT2D eigenvalue weighted by Gasteiger charge is 2.32. The largest absolute Gasteiger partial charge is 0.414 e. The van der Waals surface area contributed by atoms with Gasteiger partial charge < -0.3 is 4.42 Å². The molecule has 170 valence electrons. The molecule has 0 aliphatic carbocycles. The second-order valence-corrected chi connectivity index (χ2v) is 11.6. The maximum absolute atomic E-state index is 13.7. The predicted molar refractivity (Wildman–Crippen MR) is 131 cm³/mol. The van der Waals surface area contributed by atoms with Gasteiger partial charge >= 0.3 is 4.94 Å². The number of sulfonamides is 1. The summed E-state index contributed by atoms with van der Waals surface area (Å²) in [5.41, 5.74) is 1.36. The second-order valence-electron chi connectivity index (χ2n) is 8.44. The Bertz CT molecular complexity index is 1500. The maximum atomic E-state index is 13.7. The van der Waals surface area contributed by atoms with Crippen molar-refractivity contribution in [3.8, 4) is 0 Å². The number of hydrogen-bond acceptors (Lipinski definition) is 6. The Kier molecular flexibility index (Phi) is 5.94. The van der Waals surface area contributed by atoms with E-state index < -0.39 is 20.9 Å². The van der Waals surface area contributed by atoms with Crippen molar-refractivity contribution < 1.29 is 17.6 Å². The molecule has 3 aromatic carbocycles. The summed E-state index contributed by atoms with van der Waals surface area (Å²) < 4.78 is 33.7. The summed E-state index contributed by atoms with van der Waals surface area (Å²) in [5, 5.41) is 0.420. The zero-order chi connectivity index (χ0) is 24.0. The minimum Gasteiger partial charge on any atom is -0.414 e. The van der Waals surface area contributed by atoms with Crippen LogP contribution in [-0.2, 0) is 15.4 Å². The number of benzene rings is 3. The van der Waals surface area contributed by atoms with Gasteiger partial charge in [0.1, 0.15) is 5.58 Å². The van der Waals surface area contributed by atoms with Crippen molar-refractivity contribution in [3.05, 3.63) is 92.6 Å². The Morgan fingerprint density at radius 3 is 2.21 bits per heavy atom. The van der Waals surface area contributed by atoms with Gasteiger partial charge in [-0.25, -0.2) is 13.2 Å². The highest BCUT2D eigenvalue weighted by Crippen LogP contribution is 2.31. The monoisotopic (exact) mass is 501 g/mol. The molecule has 0 atom stereocenters. The fraction of sp³-hybridized carbons (Fsp3) is 0.167. The van der Waals surface area contributed by atoms with Gasteiger partial charge in [-0.1, -0.05) is 55.8 Å². The average Bonchev–Trinajstić information content (AvgIpc) is 3.13. The van der Waals surface area contributed by atoms with Gasteiger partial charge in [0.25, 0.3) is 15.9 Å². The molecular weight excluding hydrogens is 482 g/mol. The third-order valence-corrected chi connectivity index (χ3v) is 7.85. The third-order valence-electron chi connectivity index (χ3n) is 5.08. The molecule has 1 heterocycles. The summed E-state index contributed by atoms with van der Waals surface area (Å²) >= 11 is 6.77. The molecule has 0 bridgehead atoms. The van der Waals surface area contributed by atoms with Crippen LogP contribution in [0.2, 0.25) is 5.02 Å². The van der Waals surface area contributed by atoms with Gasteiger partial charge in [0.2, 0.25) is 0 Å². The van der Waals surface area contributed by atoms with E-state index in [1.807, 2.05) is 20.8 Å². The molecule has 4 rings (SSSR count). The van der Waals surface area contributed by atoms with E-state index in [1.54, 1.807) is 12.1 Å². The lowest BCUT2D eigenvalue weighted by molar-refractivity contribution is 0.101. The molecule has 0 saturated heterocycles. The molecule has 0 saturated carbocycles. The van der Waals surface area contributed by atoms with Gasteiger partial charge in [0.05, 0.1) is 15.3 Å². The molecule has 0 N–H and O–H groups in total. The second kappa shape index (κ2) is 8.44. The van der Waals surface area contributed by atoms with E-state index in [2.05, 4.69) is 0 Å². The molecule has 0 radical (unpaired) electrons. The molecule has 33 heavy (non-hydrogen) atoms. The molecule has 0 fully saturated rings. The van der Waals surface area contributed by atoms with Crippen molar-refractivity contribution in [1.29, 1.82) is 0 Å². The van der Waals surface area contributed by atoms with E-state index in [0.717, 1.165) is 21.2 Å². The first-order chi connectivity index (χ1) is 15.5. The number of fused-ring (bicyclic) bond motifs is 1. The molecule has 6 nitrogen and oxygen atoms in total. The van der Waals surface area contributed by atoms with Gasteiger partial charge in [0, 0.05) is 10.6 Å². The van der Waals surface area contributed by atoms with Crippen molar-refractivity contribution in [3.63, 3.8) is 0 Å². The van der Waals surface area contributed by atoms with Crippen LogP contribution in [0.15, 0.2) is 80.8 Å². The highest BCUT2D eigenvalue weighted by atomic mass is 35.5. The smallest absolute Gasteiger partial charge is 0.396 e. The fourth-order valence-corrected chi connectivity index (χ4v) is 5.53. The first-order valence-electron chi connectivity index (χ1n) is 9.96. The van der Waals surface area contributed by atoms with Crippen LogP contribution < -0.4 is 9.24 Å². The molecule has 0 aliphatic heterocycles. The summed E-state index contributed by atoms with van der Waals surface area (Å²) in [5.74, 6) is -0.748. The lowest BCUT2D eigenvalue weighted by atomic mass is 9.87. The minimum absolute atomic E-state index is 0.0294. The van der Waals surface area contributed by atoms with Crippen molar-refractivity contribution in [2.75, 3.05) is 4.31 Å². The van der Waals surface area contributed by atoms with Gasteiger partial charge in [-0.2, -0.15) is 4.31 Å². The normalized spacial score (nSPS) is 12.1. The zero-order valence-electron chi connectivity index (χ0n) is 18.0. The quantitative estimate of drug-likeness (QED) is 0.350. The van der Waals surface area contributed by atoms with E-state index in [-0.39, 0.29) is 21.6 Å². The highest BCUT2D eigenvalue weighted by molar-refractivity contribution is 7.93. The topological polar surface area (TPSA) is 84.7 Å². The van der Waals surface area contributed by atoms with Crippen LogP contribution in [0.5, 0.6) is 0 Å². The summed E-state index contributed by atoms with van der Waals surface area (Å²) in [6.45, 7) is 6.08. The zero-order valence-corrected chi connectivity index (χ0v) is 20.4. The van der Waals surface area contributed by atoms with Gasteiger partial charge in [-0.15, -0.1) is 0 Å². The summed E-state index contributed by atoms with van der Waals surface area (Å²) in [6.07, 6.45) is 0. The molecule has 1 amide bonds. The van der Waals surface area contributed by atoms with Crippen molar-refractivity contribution in [2.45, 2.75) is 31.1 Å². The molecule has 9 heteroatoms. The van der Waals surface area contributed by atoms with Crippen molar-refractivity contribution in [1.82, 2.24) is 0 Å². The lowest BCUT2D eigenvalue weighted by Gasteiger charge is -2.24. The lowest BCUT2D eigenvalue weighted by Crippen LogP contribution is -2.37. The third kappa shape index (κ3) is 4.59. The van der Waals surface area contributed by atoms with Crippen LogP contribution in [0.3, 0.4) is 0 Å². The number of rotatable bonds is 4. The fourth-order valence-electron chi connectivity index (χ4n) is 3.29. The Morgan fingerprint density at radius 1 is 0.970 bits per heavy atom. The van der Waals surface area contributed by atoms with Crippen molar-refractivity contribution in [2.24, 2.45) is 0 Å². The first-order valence-corrected chi connectivity index (χ1v) is 12.6. The Balaban J connectivity index is 1.87. The van der Waals surface area contributed by atoms with Crippen LogP contribution >= 0.6 is 22.9 Å². The SMILES string of the molecule is CC(C)(C)c1ccc(S(=O)(=O)N(C(=O)c2ccc(Cl)cc2)c2ccc3oc(=O)sc3c2)cc1. The number of carbonyl (C=O) groups is 1. The standard InChI is InChI=1S/C24H20ClNO5S2/c1-24(2,3)16-6-11-19(12-7-16)33(29,30)26(22(27)15-4-8-17(25)9-5-15)18-10-13-20-21(14-18)32-23(28)31-20/h4-14H,1-3H3. The summed E-state index contributed by atoms with van der Waals surface area (Å²) in [7, 11) is -4.29. The summed E-state index contributed by atoms with van der Waals surface area (Å²) in [6, 6.07) is 16.8. The van der Waals surface area contributed by atoms with Crippen LogP contribution in [0, 0.1) is 0 Å². The molecular formula is C24H20ClNO5S2. The molecule has 4 aromatic rings. The number of anilines is 1. The van der Waals surface area contributed by atoms with Gasteiger partial charge in [-0.05, 0) is 65.6 Å². The van der Waals surface area contributed by atoms with Crippen LogP contribution in [0.1, 0.15) is 36.7 Å². The summed E-state index contributed by atoms with van der Waals surface area (Å²) in [4.78, 5) is 24.6. The van der Waals surface area contributed by atoms with Gasteiger partial charge in [0.15, 0.2) is 0 Å². The average molecular weight is 502 g/mol. The Labute approximate surface area is 200 Å². The molecule has 0 spiro atoms. The van der Waals surface area contributed by atoms with E-state index >= 15 is 0 Å². The van der Waals surface area contributed by atoms with E-state index in [4.69, 9.17) is 16.0 Å². The number of hydrogen-bond donors (Lipinski definition) is 0. The van der Waals surface area contributed by atoms with Crippen molar-refractivity contribution >= 4 is 54.8 Å². The van der Waals surface area contributed by atoms with E-state index in [0.29, 0.717) is 15.3 Å². The Hall–Kier alpha value is -2.94. The first kappa shape index (κ1) is 23.2. The van der Waals surface area contributed by atoms with E-state index in [9.17, 15) is 18.0 Å². The molecule has 0 unspecified atom stereocenters. The van der Waals surface area contributed by atoms with Crippen LogP contribution in [0.25, 0.3) is 10.3 Å². The van der Waals surface area contributed by atoms with Gasteiger partial charge in [-0.3, -0.25) is 4.79 Å². The van der Waals surface area contributed by atoms with E-state index in [1.165, 1.54) is 54.6 Å². The number of carbonyl (C=O) groups excluding carboxylic acids is 1. The maximum Gasteiger partial charge on any atom is 0.396 e. The number of amides is 1. The Morgan fingerprint density at radius 2 is 1.61 bits per heavy atom. The minimum atomic E-state index is -4.29. The van der Waals surface area contributed by atoms with Crippen LogP contribution in [-0.4, -0.2) is 14.3 Å². The number of halogens is 1. The molecule has 0 aliphatic rings.